The smallest absolute Gasteiger partial charge is 0.210 e. The maximum absolute atomic E-state index is 5.23. The summed E-state index contributed by atoms with van der Waals surface area (Å²) in [6.45, 7) is 0. The first-order chi connectivity index (χ1) is 13.8. The molecule has 0 atom stereocenters. The summed E-state index contributed by atoms with van der Waals surface area (Å²) >= 11 is 0. The molecule has 0 saturated carbocycles. The second-order valence-electron chi connectivity index (χ2n) is 5.96. The molecule has 0 aromatic heterocycles. The zero-order valence-corrected chi connectivity index (χ0v) is 16.1. The monoisotopic (exact) mass is 372 g/mol. The number of methoxy groups -OCH3 is 2. The number of allylic oxidation sites excluding steroid dienone is 6. The summed E-state index contributed by atoms with van der Waals surface area (Å²) in [5, 5.41) is 0. The highest BCUT2D eigenvalue weighted by Gasteiger charge is 2.06. The molecule has 2 aromatic carbocycles. The highest BCUT2D eigenvalue weighted by atomic mass is 16.5. The van der Waals surface area contributed by atoms with Gasteiger partial charge >= 0.3 is 0 Å². The van der Waals surface area contributed by atoms with Crippen molar-refractivity contribution < 1.29 is 18.6 Å². The minimum absolute atomic E-state index is 0.841. The van der Waals surface area contributed by atoms with E-state index in [1.807, 2.05) is 110 Å². The van der Waals surface area contributed by atoms with Gasteiger partial charge in [-0.2, -0.15) is 9.15 Å². The van der Waals surface area contributed by atoms with Crippen LogP contribution < -0.4 is 9.47 Å². The fourth-order valence-corrected chi connectivity index (χ4v) is 2.65. The van der Waals surface area contributed by atoms with Crippen LogP contribution in [-0.4, -0.2) is 35.8 Å². The second-order valence-corrected chi connectivity index (χ2v) is 5.96. The van der Waals surface area contributed by atoms with Gasteiger partial charge in [-0.1, -0.05) is 12.2 Å². The van der Waals surface area contributed by atoms with Gasteiger partial charge in [0.2, 0.25) is 11.4 Å². The molecule has 2 aromatic rings. The van der Waals surface area contributed by atoms with Gasteiger partial charge in [0.05, 0.1) is 14.2 Å². The minimum atomic E-state index is 0.841. The van der Waals surface area contributed by atoms with E-state index in [9.17, 15) is 0 Å². The first kappa shape index (κ1) is 19.1. The van der Waals surface area contributed by atoms with Crippen LogP contribution in [0, 0.1) is 0 Å². The molecule has 28 heavy (non-hydrogen) atoms. The van der Waals surface area contributed by atoms with Crippen molar-refractivity contribution in [3.05, 3.63) is 97.4 Å². The zero-order chi connectivity index (χ0) is 19.6. The molecule has 1 aliphatic heterocycles. The van der Waals surface area contributed by atoms with Crippen molar-refractivity contribution >= 4 is 23.8 Å². The molecule has 0 unspecified atom stereocenters. The van der Waals surface area contributed by atoms with Gasteiger partial charge < -0.3 is 9.47 Å². The SMILES string of the molecule is COc1ccc([N+]2=C/C=C\C=C\[N+](c3ccc(OC)cc3)=C/C=C/C=C\2)cc1. The topological polar surface area (TPSA) is 24.5 Å². The van der Waals surface area contributed by atoms with Gasteiger partial charge in [-0.25, -0.2) is 0 Å². The van der Waals surface area contributed by atoms with Crippen LogP contribution in [0.5, 0.6) is 11.5 Å². The number of hydrogen-bond donors (Lipinski definition) is 0. The molecule has 0 N–H and O–H groups in total. The van der Waals surface area contributed by atoms with Crippen molar-refractivity contribution in [1.82, 2.24) is 0 Å². The van der Waals surface area contributed by atoms with Gasteiger partial charge in [0.25, 0.3) is 0 Å². The van der Waals surface area contributed by atoms with E-state index in [-0.39, 0.29) is 0 Å². The molecule has 3 rings (SSSR count). The Kier molecular flexibility index (Phi) is 6.74. The van der Waals surface area contributed by atoms with Crippen LogP contribution in [0.2, 0.25) is 0 Å². The van der Waals surface area contributed by atoms with Gasteiger partial charge in [-0.05, 0) is 24.3 Å². The van der Waals surface area contributed by atoms with Crippen molar-refractivity contribution in [2.45, 2.75) is 0 Å². The summed E-state index contributed by atoms with van der Waals surface area (Å²) in [4.78, 5) is 0. The van der Waals surface area contributed by atoms with Crippen molar-refractivity contribution in [2.24, 2.45) is 0 Å². The Bertz CT molecular complexity index is 879. The molecule has 4 heteroatoms. The Balaban J connectivity index is 1.83. The molecule has 1 heterocycles. The van der Waals surface area contributed by atoms with Crippen LogP contribution in [0.4, 0.5) is 11.4 Å². The van der Waals surface area contributed by atoms with E-state index < -0.39 is 0 Å². The van der Waals surface area contributed by atoms with Crippen LogP contribution in [0.25, 0.3) is 0 Å². The lowest BCUT2D eigenvalue weighted by Gasteiger charge is -2.00. The molecule has 0 spiro atoms. The number of hydrogen-bond acceptors (Lipinski definition) is 2. The first-order valence-electron chi connectivity index (χ1n) is 9.01. The molecule has 0 saturated heterocycles. The van der Waals surface area contributed by atoms with E-state index in [2.05, 4.69) is 9.15 Å². The molecule has 0 aliphatic carbocycles. The Morgan fingerprint density at radius 3 is 1.25 bits per heavy atom. The van der Waals surface area contributed by atoms with Crippen LogP contribution in [0.1, 0.15) is 0 Å². The minimum Gasteiger partial charge on any atom is -0.497 e. The highest BCUT2D eigenvalue weighted by molar-refractivity contribution is 5.70. The Morgan fingerprint density at radius 2 is 0.893 bits per heavy atom. The third kappa shape index (κ3) is 5.17. The molecule has 0 radical (unpaired) electrons. The van der Waals surface area contributed by atoms with Crippen LogP contribution in [0.15, 0.2) is 97.4 Å². The lowest BCUT2D eigenvalue weighted by molar-refractivity contribution is -0.354. The van der Waals surface area contributed by atoms with Gasteiger partial charge in [-0.3, -0.25) is 0 Å². The number of nitrogens with zero attached hydrogens (tertiary/aromatic N) is 2. The van der Waals surface area contributed by atoms with E-state index in [0.717, 1.165) is 22.9 Å². The lowest BCUT2D eigenvalue weighted by atomic mass is 10.3. The largest absolute Gasteiger partial charge is 0.497 e. The van der Waals surface area contributed by atoms with Crippen LogP contribution >= 0.6 is 0 Å². The molecule has 140 valence electrons. The van der Waals surface area contributed by atoms with Gasteiger partial charge in [-0.15, -0.1) is 0 Å². The summed E-state index contributed by atoms with van der Waals surface area (Å²) in [6.07, 6.45) is 20.1. The maximum atomic E-state index is 5.23. The fourth-order valence-electron chi connectivity index (χ4n) is 2.65. The molecule has 0 amide bonds. The molecule has 0 fully saturated rings. The predicted molar refractivity (Wildman–Crippen MR) is 115 cm³/mol. The van der Waals surface area contributed by atoms with E-state index in [1.165, 1.54) is 0 Å². The van der Waals surface area contributed by atoms with Crippen molar-refractivity contribution in [2.75, 3.05) is 14.2 Å². The normalized spacial score (nSPS) is 22.2. The average molecular weight is 372 g/mol. The van der Waals surface area contributed by atoms with Crippen molar-refractivity contribution in [1.29, 1.82) is 0 Å². The highest BCUT2D eigenvalue weighted by Crippen LogP contribution is 2.19. The number of ether oxygens (including phenoxy) is 2. The third-order valence-electron chi connectivity index (χ3n) is 4.17. The lowest BCUT2D eigenvalue weighted by Crippen LogP contribution is -1.98. The summed E-state index contributed by atoms with van der Waals surface area (Å²) in [5.41, 5.74) is 2.11. The Morgan fingerprint density at radius 1 is 0.500 bits per heavy atom. The quantitative estimate of drug-likeness (QED) is 0.707. The average Bonchev–Trinajstić information content (AvgIpc) is 2.74. The summed E-state index contributed by atoms with van der Waals surface area (Å²) in [7, 11) is 3.34. The van der Waals surface area contributed by atoms with Crippen LogP contribution in [0.3, 0.4) is 0 Å². The van der Waals surface area contributed by atoms with E-state index in [0.29, 0.717) is 0 Å². The first-order valence-corrected chi connectivity index (χ1v) is 9.01. The predicted octanol–water partition coefficient (Wildman–Crippen LogP) is 4.99. The Labute approximate surface area is 166 Å². The molecule has 4 nitrogen and oxygen atoms in total. The van der Waals surface area contributed by atoms with E-state index in [4.69, 9.17) is 9.47 Å². The molecule has 1 aliphatic rings. The van der Waals surface area contributed by atoms with Crippen LogP contribution in [-0.2, 0) is 0 Å². The summed E-state index contributed by atoms with van der Waals surface area (Å²) in [5.74, 6) is 1.68. The number of benzene rings is 2. The van der Waals surface area contributed by atoms with E-state index in [1.54, 1.807) is 14.2 Å². The summed E-state index contributed by atoms with van der Waals surface area (Å²) in [6, 6.07) is 15.9. The second kappa shape index (κ2) is 9.88. The molecule has 0 bridgehead atoms. The van der Waals surface area contributed by atoms with Gasteiger partial charge in [0, 0.05) is 48.6 Å². The maximum Gasteiger partial charge on any atom is 0.210 e. The molecular weight excluding hydrogens is 348 g/mol. The Hall–Kier alpha value is -3.66. The fraction of sp³-hybridized carbons (Fsp3) is 0.0833. The van der Waals surface area contributed by atoms with E-state index >= 15 is 0 Å². The van der Waals surface area contributed by atoms with Crippen molar-refractivity contribution in [3.8, 4) is 11.5 Å². The zero-order valence-electron chi connectivity index (χ0n) is 16.1. The molecular formula is C24H24N2O2+2. The van der Waals surface area contributed by atoms with Gasteiger partial charge in [0.15, 0.2) is 24.8 Å². The van der Waals surface area contributed by atoms with Crippen molar-refractivity contribution in [3.63, 3.8) is 0 Å². The number of rotatable bonds is 4. The third-order valence-corrected chi connectivity index (χ3v) is 4.17. The standard InChI is InChI=1S/C24H24N2O2/c1-27-23-13-9-21(10-14-23)25-17-5-3-7-19-26(20-8-4-6-18-25)22-11-15-24(28-2)16-12-22/h3-20H,1-2H3/q+2/b5-3-,6-4?,7-3?,8-4+,17-5?,18-6-,19-7+,20-8?,25-17+,25-18?,26-19?,26-20+. The van der Waals surface area contributed by atoms with Gasteiger partial charge in [0.1, 0.15) is 11.5 Å². The summed E-state index contributed by atoms with van der Waals surface area (Å²) < 4.78 is 14.6.